The fourth-order valence-corrected chi connectivity index (χ4v) is 0.357. The van der Waals surface area contributed by atoms with Crippen molar-refractivity contribution in [3.63, 3.8) is 0 Å². The maximum Gasteiger partial charge on any atom is 0.362 e. The molecule has 0 aliphatic carbocycles. The molecule has 0 nitrogen and oxygen atoms in total. The Morgan fingerprint density at radius 2 is 1.56 bits per heavy atom. The molecule has 0 spiro atoms. The zero-order valence-electron chi connectivity index (χ0n) is 3.77. The third kappa shape index (κ3) is 3.18. The molecule has 0 aromatic carbocycles. The normalized spacial score (nSPS) is 15.3. The number of halogens is 6. The van der Waals surface area contributed by atoms with Gasteiger partial charge in [0.25, 0.3) is 0 Å². The lowest BCUT2D eigenvalue weighted by molar-refractivity contribution is 0.145. The zero-order valence-corrected chi connectivity index (χ0v) is 6.04. The van der Waals surface area contributed by atoms with Gasteiger partial charge in [-0.15, -0.1) is 0 Å². The molecule has 0 heterocycles. The summed E-state index contributed by atoms with van der Waals surface area (Å²) < 4.78 is 34.8. The van der Waals surface area contributed by atoms with Crippen molar-refractivity contribution in [3.8, 4) is 0 Å². The van der Waals surface area contributed by atoms with Gasteiger partial charge in [0.05, 0.1) is 0 Å². The van der Waals surface area contributed by atoms with Crippen LogP contribution in [-0.2, 0) is 0 Å². The van der Waals surface area contributed by atoms with Crippen molar-refractivity contribution in [1.82, 2.24) is 0 Å². The molecule has 0 amide bonds. The van der Waals surface area contributed by atoms with Crippen LogP contribution in [0.3, 0.4) is 0 Å². The quantitative estimate of drug-likeness (QED) is 0.568. The molecule has 0 aliphatic heterocycles. The number of hydrogen-bond acceptors (Lipinski definition) is 0. The Hall–Kier alpha value is 0.400. The average Bonchev–Trinajstić information content (AvgIpc) is 1.62. The van der Waals surface area contributed by atoms with Crippen LogP contribution in [0.1, 0.15) is 0 Å². The first kappa shape index (κ1) is 9.40. The fourth-order valence-electron chi connectivity index (χ4n) is 0.107. The Balaban J connectivity index is 4.40. The second kappa shape index (κ2) is 2.99. The molecule has 0 aromatic heterocycles. The van der Waals surface area contributed by atoms with Crippen molar-refractivity contribution >= 4 is 34.8 Å². The monoisotopic (exact) mass is 198 g/mol. The van der Waals surface area contributed by atoms with Crippen molar-refractivity contribution in [3.05, 3.63) is 10.3 Å². The summed E-state index contributed by atoms with van der Waals surface area (Å²) in [5, 5.41) is -7.10. The maximum atomic E-state index is 11.6. The highest BCUT2D eigenvalue weighted by molar-refractivity contribution is 6.43. The molecule has 9 heavy (non-hydrogen) atoms. The van der Waals surface area contributed by atoms with Crippen molar-refractivity contribution in [2.75, 3.05) is 0 Å². The van der Waals surface area contributed by atoms with Crippen LogP contribution in [0.2, 0.25) is 0 Å². The number of rotatable bonds is 1. The highest BCUT2D eigenvalue weighted by Crippen LogP contribution is 2.35. The molecular formula is C3Cl3F3. The van der Waals surface area contributed by atoms with E-state index >= 15 is 0 Å². The summed E-state index contributed by atoms with van der Waals surface area (Å²) in [5.74, 6) is 0. The summed E-state index contributed by atoms with van der Waals surface area (Å²) >= 11 is 13.2. The summed E-state index contributed by atoms with van der Waals surface area (Å²) in [6, 6.07) is 0. The second-order valence-corrected chi connectivity index (χ2v) is 2.26. The molecule has 6 heteroatoms. The van der Waals surface area contributed by atoms with Gasteiger partial charge >= 0.3 is 5.38 Å². The third-order valence-electron chi connectivity index (χ3n) is 0.415. The molecule has 54 valence electrons. The van der Waals surface area contributed by atoms with Crippen LogP contribution in [0.4, 0.5) is 13.2 Å². The minimum absolute atomic E-state index is 1.49. The molecule has 0 aromatic rings. The highest BCUT2D eigenvalue weighted by atomic mass is 35.5. The Bertz CT molecular complexity index is 132. The second-order valence-electron chi connectivity index (χ2n) is 1.07. The van der Waals surface area contributed by atoms with Crippen LogP contribution >= 0.6 is 34.8 Å². The van der Waals surface area contributed by atoms with Gasteiger partial charge < -0.3 is 0 Å². The molecule has 0 saturated heterocycles. The Kier molecular flexibility index (Phi) is 3.12. The lowest BCUT2D eigenvalue weighted by atomic mass is 10.6. The molecule has 0 saturated carbocycles. The van der Waals surface area contributed by atoms with Crippen LogP contribution in [0.25, 0.3) is 0 Å². The van der Waals surface area contributed by atoms with E-state index in [1.165, 1.54) is 0 Å². The predicted octanol–water partition coefficient (Wildman–Crippen LogP) is 3.43. The Morgan fingerprint density at radius 3 is 1.56 bits per heavy atom. The van der Waals surface area contributed by atoms with Gasteiger partial charge in [0.1, 0.15) is 0 Å². The first-order valence-corrected chi connectivity index (χ1v) is 2.77. The molecule has 0 N–H and O–H groups in total. The van der Waals surface area contributed by atoms with E-state index in [0.29, 0.717) is 0 Å². The molecule has 0 aliphatic rings. The van der Waals surface area contributed by atoms with Crippen LogP contribution in [-0.4, -0.2) is 5.38 Å². The summed E-state index contributed by atoms with van der Waals surface area (Å²) in [7, 11) is 0. The van der Waals surface area contributed by atoms with E-state index in [1.807, 2.05) is 0 Å². The van der Waals surface area contributed by atoms with Gasteiger partial charge in [-0.3, -0.25) is 0 Å². The molecule has 0 unspecified atom stereocenters. The standard InChI is InChI=1S/C3Cl3F3/c4-1(2(5)7)3(6,8)9. The van der Waals surface area contributed by atoms with E-state index in [2.05, 4.69) is 34.8 Å². The largest absolute Gasteiger partial charge is 0.362 e. The molecule has 0 rings (SSSR count). The molecule has 0 atom stereocenters. The van der Waals surface area contributed by atoms with Gasteiger partial charge in [-0.05, 0) is 23.2 Å². The van der Waals surface area contributed by atoms with E-state index in [1.54, 1.807) is 0 Å². The van der Waals surface area contributed by atoms with E-state index in [-0.39, 0.29) is 0 Å². The summed E-state index contributed by atoms with van der Waals surface area (Å²) in [5.41, 5.74) is 0. The minimum Gasteiger partial charge on any atom is -0.192 e. The lowest BCUT2D eigenvalue weighted by Gasteiger charge is -2.03. The van der Waals surface area contributed by atoms with Gasteiger partial charge in [0.15, 0.2) is 5.03 Å². The van der Waals surface area contributed by atoms with E-state index in [4.69, 9.17) is 0 Å². The Morgan fingerprint density at radius 1 is 1.22 bits per heavy atom. The smallest absolute Gasteiger partial charge is 0.192 e. The van der Waals surface area contributed by atoms with E-state index in [9.17, 15) is 13.2 Å². The van der Waals surface area contributed by atoms with Crippen LogP contribution in [0.5, 0.6) is 0 Å². The van der Waals surface area contributed by atoms with E-state index in [0.717, 1.165) is 0 Å². The molecular weight excluding hydrogens is 199 g/mol. The molecule has 0 radical (unpaired) electrons. The average molecular weight is 199 g/mol. The summed E-state index contributed by atoms with van der Waals surface area (Å²) in [6.45, 7) is 0. The summed E-state index contributed by atoms with van der Waals surface area (Å²) in [4.78, 5) is 0. The minimum atomic E-state index is -3.91. The predicted molar refractivity (Wildman–Crippen MR) is 30.6 cm³/mol. The van der Waals surface area contributed by atoms with Crippen molar-refractivity contribution in [2.24, 2.45) is 0 Å². The molecule has 0 fully saturated rings. The van der Waals surface area contributed by atoms with Gasteiger partial charge in [0.2, 0.25) is 5.29 Å². The van der Waals surface area contributed by atoms with Crippen LogP contribution in [0.15, 0.2) is 10.3 Å². The number of allylic oxidation sites excluding steroid dienone is 1. The first-order valence-electron chi connectivity index (χ1n) is 1.63. The van der Waals surface area contributed by atoms with Crippen LogP contribution in [0, 0.1) is 0 Å². The SMILES string of the molecule is FC(Cl)=C(Cl)C(F)(F)Cl. The molecule has 0 bridgehead atoms. The topological polar surface area (TPSA) is 0 Å². The zero-order chi connectivity index (χ0) is 7.65. The Labute approximate surface area is 64.2 Å². The third-order valence-corrected chi connectivity index (χ3v) is 1.39. The summed E-state index contributed by atoms with van der Waals surface area (Å²) in [6.07, 6.45) is 0. The maximum absolute atomic E-state index is 11.6. The van der Waals surface area contributed by atoms with Gasteiger partial charge in [-0.1, -0.05) is 11.6 Å². The van der Waals surface area contributed by atoms with Gasteiger partial charge in [-0.25, -0.2) is 0 Å². The van der Waals surface area contributed by atoms with Gasteiger partial charge in [0, 0.05) is 0 Å². The highest BCUT2D eigenvalue weighted by Gasteiger charge is 2.32. The van der Waals surface area contributed by atoms with Crippen molar-refractivity contribution < 1.29 is 13.2 Å². The van der Waals surface area contributed by atoms with Crippen molar-refractivity contribution in [1.29, 1.82) is 0 Å². The van der Waals surface area contributed by atoms with Crippen molar-refractivity contribution in [2.45, 2.75) is 5.38 Å². The van der Waals surface area contributed by atoms with Gasteiger partial charge in [-0.2, -0.15) is 13.2 Å². The lowest BCUT2D eigenvalue weighted by Crippen LogP contribution is -2.05. The first-order chi connectivity index (χ1) is 3.85. The van der Waals surface area contributed by atoms with E-state index < -0.39 is 15.7 Å². The fraction of sp³-hybridized carbons (Fsp3) is 0.333. The van der Waals surface area contributed by atoms with Crippen LogP contribution < -0.4 is 0 Å². The number of hydrogen-bond donors (Lipinski definition) is 0. The number of alkyl halides is 3.